The highest BCUT2D eigenvalue weighted by atomic mass is 32.2. The number of amides is 4. The van der Waals surface area contributed by atoms with Gasteiger partial charge in [-0.15, -0.1) is 0 Å². The van der Waals surface area contributed by atoms with Gasteiger partial charge in [0.1, 0.15) is 23.7 Å². The molecular formula is C50H54N8O7S. The maximum atomic E-state index is 14.4. The minimum atomic E-state index is -0.945. The predicted octanol–water partition coefficient (Wildman–Crippen LogP) is 8.43. The highest BCUT2D eigenvalue weighted by molar-refractivity contribution is 7.99. The largest absolute Gasteiger partial charge is 0.453 e. The molecule has 0 saturated carbocycles. The number of ether oxygens (including phenoxy) is 3. The van der Waals surface area contributed by atoms with Crippen molar-refractivity contribution in [2.24, 2.45) is 11.8 Å². The number of aromatic nitrogens is 4. The van der Waals surface area contributed by atoms with Crippen LogP contribution in [0.15, 0.2) is 91.0 Å². The number of likely N-dealkylation sites (tertiary alicyclic amines) is 2. The van der Waals surface area contributed by atoms with Crippen LogP contribution in [0, 0.1) is 11.8 Å². The third kappa shape index (κ3) is 8.50. The van der Waals surface area contributed by atoms with E-state index < -0.39 is 24.3 Å². The van der Waals surface area contributed by atoms with E-state index >= 15 is 0 Å². The topological polar surface area (TPSA) is 184 Å². The Morgan fingerprint density at radius 3 is 1.82 bits per heavy atom. The zero-order chi connectivity index (χ0) is 46.2. The molecule has 15 nitrogen and oxygen atoms in total. The first-order chi connectivity index (χ1) is 32.0. The molecule has 0 bridgehead atoms. The third-order valence-electron chi connectivity index (χ3n) is 13.1. The Bertz CT molecular complexity index is 2960. The van der Waals surface area contributed by atoms with E-state index in [1.165, 1.54) is 14.2 Å². The SMILES string of the molecule is COC[C@H]1C[C@@H](c2nc3c(ccc4cc(-c5ccc6c(ccc7[nH]c([C@@H]8C[C@H](SC)CN8C(=O)C(NC(=O)OC)C(C)C)nc76)c5)ccc43)[nH]2)N(C(=O)[C@H](NC(=O)OC)c2ccccc2)C1. The minimum absolute atomic E-state index is 0.0704. The van der Waals surface area contributed by atoms with Crippen LogP contribution in [0.3, 0.4) is 0 Å². The summed E-state index contributed by atoms with van der Waals surface area (Å²) in [6.07, 6.45) is 2.11. The number of carbonyl (C=O) groups is 4. The number of nitrogens with zero attached hydrogens (tertiary/aromatic N) is 4. The molecule has 342 valence electrons. The standard InChI is InChI=1S/C50H54N8O7S/c1-27(2)41(55-49(61)64-4)47(59)58-25-34(66-6)23-40(58)46-52-38-19-15-33-22-31(13-17-36(33)44(38)54-46)30-12-16-35-32(21-30)14-18-37-43(35)53-45(51-37)39-20-28(26-63-3)24-57(39)48(60)42(56-50(62)65-5)29-10-8-7-9-11-29/h7-19,21-22,27-28,34,39-42H,20,23-26H2,1-6H3,(H,51,53)(H,52,54)(H,55,61)(H,56,62)/t28-,34-,39-,40-,41?,42+/m0/s1. The van der Waals surface area contributed by atoms with Crippen LogP contribution < -0.4 is 10.6 Å². The second-order valence-electron chi connectivity index (χ2n) is 17.5. The summed E-state index contributed by atoms with van der Waals surface area (Å²) in [7, 11) is 4.24. The van der Waals surface area contributed by atoms with Crippen molar-refractivity contribution < 1.29 is 33.4 Å². The highest BCUT2D eigenvalue weighted by Crippen LogP contribution is 2.41. The first-order valence-electron chi connectivity index (χ1n) is 22.2. The van der Waals surface area contributed by atoms with Crippen LogP contribution in [0.25, 0.3) is 54.7 Å². The minimum Gasteiger partial charge on any atom is -0.453 e. The number of rotatable bonds is 12. The van der Waals surface area contributed by atoms with E-state index in [-0.39, 0.29) is 41.0 Å². The molecule has 4 amide bonds. The van der Waals surface area contributed by atoms with Gasteiger partial charge >= 0.3 is 12.2 Å². The molecule has 2 aliphatic heterocycles. The number of aromatic amines is 2. The molecule has 0 radical (unpaired) electrons. The van der Waals surface area contributed by atoms with Crippen LogP contribution in [-0.2, 0) is 23.8 Å². The first-order valence-corrected chi connectivity index (χ1v) is 23.5. The molecular weight excluding hydrogens is 857 g/mol. The lowest BCUT2D eigenvalue weighted by Gasteiger charge is -2.30. The molecule has 0 aliphatic carbocycles. The van der Waals surface area contributed by atoms with Gasteiger partial charge < -0.3 is 44.6 Å². The van der Waals surface area contributed by atoms with Gasteiger partial charge in [-0.05, 0) is 76.7 Å². The number of hydrogen-bond acceptors (Lipinski definition) is 10. The van der Waals surface area contributed by atoms with Gasteiger partial charge in [0.2, 0.25) is 5.91 Å². The number of imidazole rings is 2. The zero-order valence-corrected chi connectivity index (χ0v) is 38.6. The smallest absolute Gasteiger partial charge is 0.407 e. The molecule has 2 aliphatic rings. The number of alkyl carbamates (subject to hydrolysis) is 2. The molecule has 5 aromatic carbocycles. The van der Waals surface area contributed by atoms with Crippen molar-refractivity contribution in [2.45, 2.75) is 56.1 Å². The van der Waals surface area contributed by atoms with Crippen LogP contribution >= 0.6 is 11.8 Å². The lowest BCUT2D eigenvalue weighted by Crippen LogP contribution is -2.51. The average molecular weight is 911 g/mol. The predicted molar refractivity (Wildman–Crippen MR) is 256 cm³/mol. The van der Waals surface area contributed by atoms with Crippen LogP contribution in [0.4, 0.5) is 9.59 Å². The van der Waals surface area contributed by atoms with Gasteiger partial charge in [0, 0.05) is 42.1 Å². The summed E-state index contributed by atoms with van der Waals surface area (Å²) in [6.45, 7) is 5.30. The van der Waals surface area contributed by atoms with Crippen molar-refractivity contribution in [3.63, 3.8) is 0 Å². The van der Waals surface area contributed by atoms with Crippen LogP contribution in [-0.4, -0.2) is 112 Å². The van der Waals surface area contributed by atoms with Crippen LogP contribution in [0.1, 0.15) is 62.0 Å². The highest BCUT2D eigenvalue weighted by Gasteiger charge is 2.43. The fourth-order valence-electron chi connectivity index (χ4n) is 9.72. The number of benzene rings is 5. The van der Waals surface area contributed by atoms with Crippen molar-refractivity contribution in [1.29, 1.82) is 0 Å². The summed E-state index contributed by atoms with van der Waals surface area (Å²) >= 11 is 1.73. The molecule has 1 unspecified atom stereocenters. The molecule has 7 aromatic rings. The molecule has 2 aromatic heterocycles. The number of fused-ring (bicyclic) bond motifs is 6. The molecule has 9 rings (SSSR count). The zero-order valence-electron chi connectivity index (χ0n) is 37.8. The van der Waals surface area contributed by atoms with Crippen molar-refractivity contribution in [3.05, 3.63) is 108 Å². The number of carbonyl (C=O) groups excluding carboxylic acids is 4. The van der Waals surface area contributed by atoms with E-state index in [0.717, 1.165) is 67.0 Å². The second-order valence-corrected chi connectivity index (χ2v) is 18.7. The Morgan fingerprint density at radius 1 is 0.712 bits per heavy atom. The molecule has 4 heterocycles. The van der Waals surface area contributed by atoms with E-state index in [0.29, 0.717) is 37.5 Å². The fraction of sp³-hybridized carbons (Fsp3) is 0.360. The summed E-state index contributed by atoms with van der Waals surface area (Å²) in [6, 6.07) is 27.9. The van der Waals surface area contributed by atoms with Crippen LogP contribution in [0.2, 0.25) is 0 Å². The summed E-state index contributed by atoms with van der Waals surface area (Å²) in [4.78, 5) is 74.1. The van der Waals surface area contributed by atoms with Crippen molar-refractivity contribution in [2.75, 3.05) is 47.3 Å². The number of hydrogen-bond donors (Lipinski definition) is 4. The molecule has 16 heteroatoms. The maximum Gasteiger partial charge on any atom is 0.407 e. The fourth-order valence-corrected chi connectivity index (χ4v) is 10.4. The number of nitrogens with one attached hydrogen (secondary N) is 4. The van der Waals surface area contributed by atoms with Gasteiger partial charge in [0.05, 0.1) is 55.0 Å². The van der Waals surface area contributed by atoms with Crippen molar-refractivity contribution in [1.82, 2.24) is 40.4 Å². The lowest BCUT2D eigenvalue weighted by atomic mass is 9.98. The van der Waals surface area contributed by atoms with Gasteiger partial charge in [0.25, 0.3) is 5.91 Å². The van der Waals surface area contributed by atoms with E-state index in [4.69, 9.17) is 24.2 Å². The lowest BCUT2D eigenvalue weighted by molar-refractivity contribution is -0.136. The average Bonchev–Trinajstić information content (AvgIpc) is 4.16. The van der Waals surface area contributed by atoms with Gasteiger partial charge in [-0.3, -0.25) is 9.59 Å². The summed E-state index contributed by atoms with van der Waals surface area (Å²) < 4.78 is 15.3. The number of methoxy groups -OCH3 is 3. The van der Waals surface area contributed by atoms with E-state index in [9.17, 15) is 19.2 Å². The second kappa shape index (κ2) is 18.7. The Kier molecular flexibility index (Phi) is 12.6. The molecule has 6 atom stereocenters. The third-order valence-corrected chi connectivity index (χ3v) is 14.1. The quantitative estimate of drug-likeness (QED) is 0.0928. The molecule has 2 saturated heterocycles. The van der Waals surface area contributed by atoms with Gasteiger partial charge in [0.15, 0.2) is 0 Å². The van der Waals surface area contributed by atoms with Crippen LogP contribution in [0.5, 0.6) is 0 Å². The summed E-state index contributed by atoms with van der Waals surface area (Å²) in [5.74, 6) is 0.929. The maximum absolute atomic E-state index is 14.4. The molecule has 2 fully saturated rings. The van der Waals surface area contributed by atoms with E-state index in [1.807, 2.05) is 61.2 Å². The molecule has 0 spiro atoms. The first kappa shape index (κ1) is 44.5. The Labute approximate surface area is 386 Å². The van der Waals surface area contributed by atoms with E-state index in [2.05, 4.69) is 75.4 Å². The normalized spacial score (nSPS) is 19.5. The molecule has 4 N–H and O–H groups in total. The van der Waals surface area contributed by atoms with Gasteiger partial charge in [-0.1, -0.05) is 80.6 Å². The van der Waals surface area contributed by atoms with Crippen molar-refractivity contribution >= 4 is 79.4 Å². The van der Waals surface area contributed by atoms with Crippen molar-refractivity contribution in [3.8, 4) is 11.1 Å². The van der Waals surface area contributed by atoms with Gasteiger partial charge in [-0.2, -0.15) is 11.8 Å². The summed E-state index contributed by atoms with van der Waals surface area (Å²) in [5, 5.41) is 9.76. The Morgan fingerprint density at radius 2 is 1.27 bits per heavy atom. The summed E-state index contributed by atoms with van der Waals surface area (Å²) in [5.41, 5.74) is 6.15. The number of H-pyrrole nitrogens is 2. The molecule has 66 heavy (non-hydrogen) atoms. The number of thioether (sulfide) groups is 1. The Hall–Kier alpha value is -6.65. The Balaban J connectivity index is 0.996. The monoisotopic (exact) mass is 910 g/mol. The van der Waals surface area contributed by atoms with E-state index in [1.54, 1.807) is 23.8 Å². The van der Waals surface area contributed by atoms with Gasteiger partial charge in [-0.25, -0.2) is 19.6 Å².